The Morgan fingerprint density at radius 2 is 2.14 bits per heavy atom. The summed E-state index contributed by atoms with van der Waals surface area (Å²) >= 11 is 11.4. The fourth-order valence-electron chi connectivity index (χ4n) is 2.27. The highest BCUT2D eigenvalue weighted by atomic mass is 35.5. The fourth-order valence-corrected chi connectivity index (χ4v) is 2.74. The molecule has 7 nitrogen and oxygen atoms in total. The molecule has 0 unspecified atom stereocenters. The molecule has 0 radical (unpaired) electrons. The quantitative estimate of drug-likeness (QED) is 0.341. The van der Waals surface area contributed by atoms with E-state index in [1.807, 2.05) is 6.92 Å². The second kappa shape index (κ2) is 10.5. The molecule has 148 valence electrons. The zero-order valence-electron chi connectivity index (χ0n) is 15.4. The zero-order chi connectivity index (χ0) is 20.5. The minimum atomic E-state index is -0.997. The highest BCUT2D eigenvalue weighted by Crippen LogP contribution is 2.36. The van der Waals surface area contributed by atoms with Crippen LogP contribution in [0, 0.1) is 0 Å². The van der Waals surface area contributed by atoms with Gasteiger partial charge in [0.25, 0.3) is 0 Å². The van der Waals surface area contributed by atoms with E-state index < -0.39 is 5.97 Å². The summed E-state index contributed by atoms with van der Waals surface area (Å²) in [5.74, 6) is -0.209. The van der Waals surface area contributed by atoms with Crippen LogP contribution in [-0.4, -0.2) is 36.1 Å². The number of thiocarbonyl (C=S) groups is 1. The number of carboxylic acid groups (broad SMARTS) is 1. The lowest BCUT2D eigenvalue weighted by atomic mass is 10.1. The molecule has 0 heterocycles. The zero-order valence-corrected chi connectivity index (χ0v) is 16.9. The minimum Gasteiger partial charge on any atom is -0.493 e. The van der Waals surface area contributed by atoms with E-state index in [0.717, 1.165) is 0 Å². The fraction of sp³-hybridized carbons (Fsp3) is 0.211. The molecule has 0 aliphatic carbocycles. The number of hydrogen-bond acceptors (Lipinski definition) is 5. The average Bonchev–Trinajstić information content (AvgIpc) is 2.67. The molecule has 0 atom stereocenters. The van der Waals surface area contributed by atoms with Crippen molar-refractivity contribution in [1.29, 1.82) is 0 Å². The number of nitrogens with one attached hydrogen (secondary N) is 2. The molecule has 2 aromatic rings. The molecule has 0 aromatic heterocycles. The highest BCUT2D eigenvalue weighted by Gasteiger charge is 2.12. The molecule has 28 heavy (non-hydrogen) atoms. The Balaban J connectivity index is 2.12. The van der Waals surface area contributed by atoms with Crippen LogP contribution in [0.25, 0.3) is 0 Å². The van der Waals surface area contributed by atoms with E-state index in [1.165, 1.54) is 13.2 Å². The smallest absolute Gasteiger partial charge is 0.335 e. The Kier molecular flexibility index (Phi) is 8.03. The monoisotopic (exact) mass is 421 g/mol. The Morgan fingerprint density at radius 1 is 1.36 bits per heavy atom. The lowest BCUT2D eigenvalue weighted by Gasteiger charge is -2.13. The highest BCUT2D eigenvalue weighted by molar-refractivity contribution is 7.80. The molecule has 0 aliphatic heterocycles. The molecule has 0 saturated carbocycles. The van der Waals surface area contributed by atoms with Gasteiger partial charge in [-0.25, -0.2) is 4.79 Å². The summed E-state index contributed by atoms with van der Waals surface area (Å²) in [4.78, 5) is 11.1. The van der Waals surface area contributed by atoms with Crippen molar-refractivity contribution in [2.45, 2.75) is 13.5 Å². The summed E-state index contributed by atoms with van der Waals surface area (Å²) in [6.07, 6.45) is 1.55. The van der Waals surface area contributed by atoms with Crippen molar-refractivity contribution >= 4 is 41.1 Å². The third-order valence-electron chi connectivity index (χ3n) is 3.53. The van der Waals surface area contributed by atoms with Crippen LogP contribution in [0.3, 0.4) is 0 Å². The third-order valence-corrected chi connectivity index (χ3v) is 4.04. The van der Waals surface area contributed by atoms with Crippen molar-refractivity contribution in [3.05, 3.63) is 58.1 Å². The van der Waals surface area contributed by atoms with Gasteiger partial charge in [-0.1, -0.05) is 23.7 Å². The van der Waals surface area contributed by atoms with E-state index in [0.29, 0.717) is 39.3 Å². The Morgan fingerprint density at radius 3 is 2.82 bits per heavy atom. The third kappa shape index (κ3) is 6.11. The van der Waals surface area contributed by atoms with Crippen molar-refractivity contribution in [3.63, 3.8) is 0 Å². The summed E-state index contributed by atoms with van der Waals surface area (Å²) in [6.45, 7) is 2.77. The molecule has 0 saturated heterocycles. The van der Waals surface area contributed by atoms with Gasteiger partial charge in [-0.2, -0.15) is 5.10 Å². The van der Waals surface area contributed by atoms with Crippen LogP contribution < -0.4 is 20.2 Å². The number of hydrazone groups is 1. The number of carboxylic acids is 1. The summed E-state index contributed by atoms with van der Waals surface area (Å²) in [7, 11) is 1.50. The first-order valence-corrected chi connectivity index (χ1v) is 9.12. The molecule has 0 fully saturated rings. The topological polar surface area (TPSA) is 92.2 Å². The summed E-state index contributed by atoms with van der Waals surface area (Å²) in [6, 6.07) is 9.88. The molecule has 2 aromatic carbocycles. The number of benzene rings is 2. The first-order chi connectivity index (χ1) is 13.4. The number of carbonyl (C=O) groups is 1. The van der Waals surface area contributed by atoms with Crippen LogP contribution in [0.4, 0.5) is 0 Å². The van der Waals surface area contributed by atoms with Gasteiger partial charge in [0, 0.05) is 6.54 Å². The molecule has 3 N–H and O–H groups in total. The number of halogens is 1. The van der Waals surface area contributed by atoms with Crippen LogP contribution in [0.15, 0.2) is 41.5 Å². The summed E-state index contributed by atoms with van der Waals surface area (Å²) in [5, 5.41) is 16.8. The van der Waals surface area contributed by atoms with E-state index in [4.69, 9.17) is 38.4 Å². The predicted molar refractivity (Wildman–Crippen MR) is 113 cm³/mol. The van der Waals surface area contributed by atoms with Gasteiger partial charge in [0.2, 0.25) is 0 Å². The number of methoxy groups -OCH3 is 1. The Labute approximate surface area is 173 Å². The second-order valence-electron chi connectivity index (χ2n) is 5.56. The largest absolute Gasteiger partial charge is 0.493 e. The Bertz CT molecular complexity index is 889. The maximum Gasteiger partial charge on any atom is 0.335 e. The van der Waals surface area contributed by atoms with Gasteiger partial charge in [-0.05, 0) is 54.5 Å². The number of rotatable bonds is 8. The predicted octanol–water partition coefficient (Wildman–Crippen LogP) is 3.44. The maximum absolute atomic E-state index is 11.1. The number of nitrogens with zero attached hydrogens (tertiary/aromatic N) is 1. The molecule has 9 heteroatoms. The van der Waals surface area contributed by atoms with Crippen molar-refractivity contribution < 1.29 is 19.4 Å². The van der Waals surface area contributed by atoms with Gasteiger partial charge < -0.3 is 19.9 Å². The number of hydrogen-bond donors (Lipinski definition) is 3. The first-order valence-electron chi connectivity index (χ1n) is 8.34. The average molecular weight is 422 g/mol. The van der Waals surface area contributed by atoms with Crippen molar-refractivity contribution in [2.75, 3.05) is 13.7 Å². The summed E-state index contributed by atoms with van der Waals surface area (Å²) < 4.78 is 11.1. The van der Waals surface area contributed by atoms with Crippen LogP contribution in [-0.2, 0) is 6.61 Å². The standard InChI is InChI=1S/C19H20ClN3O4S/c1-3-21-19(28)23-22-10-13-8-15(20)17(16(9-13)26-2)27-11-12-5-4-6-14(7-12)18(24)25/h4-10H,3,11H2,1-2H3,(H,24,25)(H2,21,23,28)/b22-10-. The normalized spacial score (nSPS) is 10.5. The maximum atomic E-state index is 11.1. The number of ether oxygens (including phenoxy) is 2. The van der Waals surface area contributed by atoms with E-state index >= 15 is 0 Å². The van der Waals surface area contributed by atoms with Crippen LogP contribution in [0.1, 0.15) is 28.4 Å². The van der Waals surface area contributed by atoms with Gasteiger partial charge in [0.05, 0.1) is 23.9 Å². The second-order valence-corrected chi connectivity index (χ2v) is 6.37. The molecule has 2 rings (SSSR count). The molecular formula is C19H20ClN3O4S. The van der Waals surface area contributed by atoms with Gasteiger partial charge in [0.1, 0.15) is 6.61 Å². The van der Waals surface area contributed by atoms with Gasteiger partial charge >= 0.3 is 5.97 Å². The number of aromatic carboxylic acids is 1. The van der Waals surface area contributed by atoms with Crippen LogP contribution >= 0.6 is 23.8 Å². The van der Waals surface area contributed by atoms with Crippen LogP contribution in [0.2, 0.25) is 5.02 Å². The molecule has 0 spiro atoms. The van der Waals surface area contributed by atoms with Crippen molar-refractivity contribution in [1.82, 2.24) is 10.7 Å². The molecule has 0 bridgehead atoms. The van der Waals surface area contributed by atoms with Gasteiger partial charge in [0.15, 0.2) is 16.6 Å². The summed E-state index contributed by atoms with van der Waals surface area (Å²) in [5.41, 5.74) is 4.27. The van der Waals surface area contributed by atoms with E-state index in [-0.39, 0.29) is 12.2 Å². The lowest BCUT2D eigenvalue weighted by Crippen LogP contribution is -2.31. The Hall–Kier alpha value is -2.84. The first kappa shape index (κ1) is 21.5. The van der Waals surface area contributed by atoms with Crippen LogP contribution in [0.5, 0.6) is 11.5 Å². The van der Waals surface area contributed by atoms with E-state index in [9.17, 15) is 4.79 Å². The van der Waals surface area contributed by atoms with E-state index in [2.05, 4.69) is 15.8 Å². The van der Waals surface area contributed by atoms with Crippen molar-refractivity contribution in [3.8, 4) is 11.5 Å². The molecule has 0 aliphatic rings. The lowest BCUT2D eigenvalue weighted by molar-refractivity contribution is 0.0696. The molecule has 0 amide bonds. The van der Waals surface area contributed by atoms with Gasteiger partial charge in [-0.15, -0.1) is 0 Å². The SMILES string of the molecule is CCNC(=S)N/N=C\c1cc(Cl)c(OCc2cccc(C(=O)O)c2)c(OC)c1. The van der Waals surface area contributed by atoms with E-state index in [1.54, 1.807) is 36.5 Å². The molecular weight excluding hydrogens is 402 g/mol. The van der Waals surface area contributed by atoms with Gasteiger partial charge in [-0.3, -0.25) is 5.43 Å². The minimum absolute atomic E-state index is 0.142. The van der Waals surface area contributed by atoms with Crippen molar-refractivity contribution in [2.24, 2.45) is 5.10 Å².